The van der Waals surface area contributed by atoms with Gasteiger partial charge in [-0.15, -0.1) is 0 Å². The summed E-state index contributed by atoms with van der Waals surface area (Å²) in [7, 11) is -2.01. The molecule has 1 aliphatic rings. The summed E-state index contributed by atoms with van der Waals surface area (Å²) in [6, 6.07) is 4.77. The summed E-state index contributed by atoms with van der Waals surface area (Å²) in [5.41, 5.74) is 0.869. The molecule has 0 unspecified atom stereocenters. The molecule has 4 nitrogen and oxygen atoms in total. The number of fused-ring (bicyclic) bond motifs is 1. The number of carbonyl (C=O) groups excluding carboxylic acids is 1. The van der Waals surface area contributed by atoms with Gasteiger partial charge in [-0.3, -0.25) is 0 Å². The number of rotatable bonds is 1. The van der Waals surface area contributed by atoms with Crippen LogP contribution in [0.4, 0.5) is 0 Å². The number of hydrogen-bond acceptors (Lipinski definition) is 4. The van der Waals surface area contributed by atoms with E-state index < -0.39 is 15.8 Å². The second-order valence-electron chi connectivity index (χ2n) is 5.16. The van der Waals surface area contributed by atoms with Gasteiger partial charge in [0.05, 0.1) is 23.3 Å². The van der Waals surface area contributed by atoms with E-state index in [2.05, 4.69) is 4.74 Å². The van der Waals surface area contributed by atoms with Gasteiger partial charge >= 0.3 is 5.97 Å². The zero-order valence-corrected chi connectivity index (χ0v) is 11.5. The molecule has 0 bridgehead atoms. The molecule has 0 spiro atoms. The molecule has 0 amide bonds. The van der Waals surface area contributed by atoms with Crippen molar-refractivity contribution in [2.75, 3.05) is 12.9 Å². The number of carbonyl (C=O) groups is 1. The first-order valence-corrected chi connectivity index (χ1v) is 7.39. The molecule has 5 heteroatoms. The molecule has 0 aromatic heterocycles. The van der Waals surface area contributed by atoms with Crippen LogP contribution in [0.3, 0.4) is 0 Å². The van der Waals surface area contributed by atoms with Gasteiger partial charge in [-0.25, -0.2) is 13.2 Å². The van der Waals surface area contributed by atoms with Crippen molar-refractivity contribution >= 4 is 15.8 Å². The summed E-state index contributed by atoms with van der Waals surface area (Å²) in [4.78, 5) is 11.7. The smallest absolute Gasteiger partial charge is 0.337 e. The van der Waals surface area contributed by atoms with Crippen LogP contribution in [-0.4, -0.2) is 27.2 Å². The molecule has 1 aliphatic heterocycles. The van der Waals surface area contributed by atoms with Crippen LogP contribution in [0.2, 0.25) is 0 Å². The van der Waals surface area contributed by atoms with Gasteiger partial charge in [-0.1, -0.05) is 19.9 Å². The fourth-order valence-electron chi connectivity index (χ4n) is 2.22. The highest BCUT2D eigenvalue weighted by molar-refractivity contribution is 7.91. The minimum atomic E-state index is -3.29. The van der Waals surface area contributed by atoms with Crippen LogP contribution in [-0.2, 0) is 20.0 Å². The van der Waals surface area contributed by atoms with E-state index in [0.717, 1.165) is 5.56 Å². The predicted molar refractivity (Wildman–Crippen MR) is 67.5 cm³/mol. The Kier molecular flexibility index (Phi) is 2.97. The number of benzene rings is 1. The maximum Gasteiger partial charge on any atom is 0.337 e. The maximum atomic E-state index is 12.1. The molecule has 1 heterocycles. The largest absolute Gasteiger partial charge is 0.465 e. The van der Waals surface area contributed by atoms with Gasteiger partial charge in [-0.05, 0) is 29.5 Å². The van der Waals surface area contributed by atoms with Crippen molar-refractivity contribution in [2.24, 2.45) is 0 Å². The van der Waals surface area contributed by atoms with E-state index in [1.165, 1.54) is 13.2 Å². The van der Waals surface area contributed by atoms with E-state index >= 15 is 0 Å². The van der Waals surface area contributed by atoms with Crippen LogP contribution in [0.25, 0.3) is 0 Å². The van der Waals surface area contributed by atoms with E-state index in [1.807, 2.05) is 13.8 Å². The van der Waals surface area contributed by atoms with Gasteiger partial charge in [0, 0.05) is 0 Å². The maximum absolute atomic E-state index is 12.1. The van der Waals surface area contributed by atoms with Crippen molar-refractivity contribution in [3.63, 3.8) is 0 Å². The monoisotopic (exact) mass is 268 g/mol. The van der Waals surface area contributed by atoms with Gasteiger partial charge in [0.1, 0.15) is 0 Å². The minimum absolute atomic E-state index is 0.123. The highest BCUT2D eigenvalue weighted by Gasteiger charge is 2.35. The van der Waals surface area contributed by atoms with Crippen LogP contribution in [0, 0.1) is 0 Å². The summed E-state index contributed by atoms with van der Waals surface area (Å²) >= 11 is 0. The Hall–Kier alpha value is -1.36. The van der Waals surface area contributed by atoms with Crippen LogP contribution >= 0.6 is 0 Å². The summed E-state index contributed by atoms with van der Waals surface area (Å²) in [5, 5.41) is 0. The van der Waals surface area contributed by atoms with E-state index in [9.17, 15) is 13.2 Å². The van der Waals surface area contributed by atoms with Crippen LogP contribution in [0.1, 0.15) is 36.2 Å². The molecule has 2 rings (SSSR count). The third kappa shape index (κ3) is 2.03. The van der Waals surface area contributed by atoms with E-state index in [-0.39, 0.29) is 21.6 Å². The Bertz CT molecular complexity index is 599. The molecule has 98 valence electrons. The normalized spacial score (nSPS) is 19.9. The van der Waals surface area contributed by atoms with Crippen molar-refractivity contribution in [1.82, 2.24) is 0 Å². The zero-order chi connectivity index (χ0) is 13.6. The molecule has 0 N–H and O–H groups in total. The van der Waals surface area contributed by atoms with Crippen molar-refractivity contribution in [1.29, 1.82) is 0 Å². The van der Waals surface area contributed by atoms with Crippen molar-refractivity contribution < 1.29 is 17.9 Å². The molecule has 1 aromatic rings. The lowest BCUT2D eigenvalue weighted by atomic mass is 9.81. The lowest BCUT2D eigenvalue weighted by molar-refractivity contribution is 0.0600. The molecular weight excluding hydrogens is 252 g/mol. The number of hydrogen-bond donors (Lipinski definition) is 0. The molecule has 18 heavy (non-hydrogen) atoms. The predicted octanol–water partition coefficient (Wildman–Crippen LogP) is 1.93. The summed E-state index contributed by atoms with van der Waals surface area (Å²) in [6.07, 6.45) is 0.597. The number of ether oxygens (including phenoxy) is 1. The average molecular weight is 268 g/mol. The fraction of sp³-hybridized carbons (Fsp3) is 0.462. The molecule has 0 atom stereocenters. The SMILES string of the molecule is COC(=O)c1ccc2c(c1)S(=O)(=O)CCC2(C)C. The first kappa shape index (κ1) is 13.1. The van der Waals surface area contributed by atoms with E-state index in [0.29, 0.717) is 6.42 Å². The number of esters is 1. The molecule has 1 aromatic carbocycles. The van der Waals surface area contributed by atoms with Gasteiger partial charge in [0.15, 0.2) is 9.84 Å². The molecule has 0 fully saturated rings. The van der Waals surface area contributed by atoms with Gasteiger partial charge in [0.25, 0.3) is 0 Å². The summed E-state index contributed by atoms with van der Waals surface area (Å²) < 4.78 is 28.8. The van der Waals surface area contributed by atoms with Gasteiger partial charge in [-0.2, -0.15) is 0 Å². The number of methoxy groups -OCH3 is 1. The topological polar surface area (TPSA) is 60.4 Å². The fourth-order valence-corrected chi connectivity index (χ4v) is 4.20. The Morgan fingerprint density at radius 3 is 2.61 bits per heavy atom. The third-order valence-electron chi connectivity index (χ3n) is 3.46. The quantitative estimate of drug-likeness (QED) is 0.730. The van der Waals surface area contributed by atoms with Crippen LogP contribution in [0.5, 0.6) is 0 Å². The average Bonchev–Trinajstić information content (AvgIpc) is 2.34. The molecule has 0 radical (unpaired) electrons. The second-order valence-corrected chi connectivity index (χ2v) is 7.23. The van der Waals surface area contributed by atoms with Crippen LogP contribution < -0.4 is 0 Å². The van der Waals surface area contributed by atoms with Crippen molar-refractivity contribution in [3.8, 4) is 0 Å². The number of sulfone groups is 1. The Morgan fingerprint density at radius 1 is 1.33 bits per heavy atom. The molecule has 0 saturated heterocycles. The first-order chi connectivity index (χ1) is 8.28. The third-order valence-corrected chi connectivity index (χ3v) is 5.21. The molecule has 0 aliphatic carbocycles. The lowest BCUT2D eigenvalue weighted by Crippen LogP contribution is -2.30. The van der Waals surface area contributed by atoms with E-state index in [1.54, 1.807) is 12.1 Å². The lowest BCUT2D eigenvalue weighted by Gasteiger charge is -2.32. The Morgan fingerprint density at radius 2 is 2.00 bits per heavy atom. The second kappa shape index (κ2) is 4.09. The zero-order valence-electron chi connectivity index (χ0n) is 10.7. The Labute approximate surface area is 107 Å². The highest BCUT2D eigenvalue weighted by atomic mass is 32.2. The highest BCUT2D eigenvalue weighted by Crippen LogP contribution is 2.38. The molecular formula is C13H16O4S. The minimum Gasteiger partial charge on any atom is -0.465 e. The molecule has 0 saturated carbocycles. The summed E-state index contributed by atoms with van der Waals surface area (Å²) in [5.74, 6) is -0.395. The summed E-state index contributed by atoms with van der Waals surface area (Å²) in [6.45, 7) is 4.02. The standard InChI is InChI=1S/C13H16O4S/c1-13(2)6-7-18(15,16)11-8-9(12(14)17-3)4-5-10(11)13/h4-5,8H,6-7H2,1-3H3. The van der Waals surface area contributed by atoms with E-state index in [4.69, 9.17) is 0 Å². The van der Waals surface area contributed by atoms with Crippen molar-refractivity contribution in [2.45, 2.75) is 30.6 Å². The van der Waals surface area contributed by atoms with Gasteiger partial charge < -0.3 is 4.74 Å². The van der Waals surface area contributed by atoms with Crippen LogP contribution in [0.15, 0.2) is 23.1 Å². The van der Waals surface area contributed by atoms with Crippen molar-refractivity contribution in [3.05, 3.63) is 29.3 Å². The first-order valence-electron chi connectivity index (χ1n) is 5.73. The van der Waals surface area contributed by atoms with Gasteiger partial charge in [0.2, 0.25) is 0 Å². The Balaban J connectivity index is 2.66.